The molecule has 0 spiro atoms. The number of thioether (sulfide) groups is 1. The fraction of sp³-hybridized carbons (Fsp3) is 0.533. The molecule has 0 saturated carbocycles. The molecule has 0 amide bonds. The predicted molar refractivity (Wildman–Crippen MR) is 78.9 cm³/mol. The van der Waals surface area contributed by atoms with E-state index in [1.807, 2.05) is 44.4 Å². The molecule has 1 aliphatic rings. The van der Waals surface area contributed by atoms with Gasteiger partial charge >= 0.3 is 0 Å². The maximum atomic E-state index is 12.5. The number of benzene rings is 1. The predicted octanol–water partition coefficient (Wildman–Crippen LogP) is 2.61. The van der Waals surface area contributed by atoms with Crippen LogP contribution in [-0.2, 0) is 4.74 Å². The third kappa shape index (κ3) is 3.19. The summed E-state index contributed by atoms with van der Waals surface area (Å²) < 4.78 is 5.83. The second-order valence-electron chi connectivity index (χ2n) is 5.15. The van der Waals surface area contributed by atoms with Gasteiger partial charge in [-0.25, -0.2) is 0 Å². The van der Waals surface area contributed by atoms with Gasteiger partial charge in [0.05, 0.1) is 12.2 Å². The summed E-state index contributed by atoms with van der Waals surface area (Å²) in [6, 6.07) is 7.80. The van der Waals surface area contributed by atoms with E-state index >= 15 is 0 Å². The first-order valence-corrected chi connectivity index (χ1v) is 7.82. The van der Waals surface area contributed by atoms with Crippen LogP contribution in [0.15, 0.2) is 29.2 Å². The van der Waals surface area contributed by atoms with Gasteiger partial charge in [-0.1, -0.05) is 19.1 Å². The average Bonchev–Trinajstić information content (AvgIpc) is 2.46. The van der Waals surface area contributed by atoms with Crippen molar-refractivity contribution in [3.63, 3.8) is 0 Å². The quantitative estimate of drug-likeness (QED) is 0.679. The molecule has 104 valence electrons. The number of carbonyl (C=O) groups is 1. The maximum Gasteiger partial charge on any atom is 0.168 e. The van der Waals surface area contributed by atoms with Crippen molar-refractivity contribution in [3.05, 3.63) is 29.8 Å². The Balaban J connectivity index is 2.13. The van der Waals surface area contributed by atoms with Crippen molar-refractivity contribution in [2.75, 3.05) is 26.0 Å². The van der Waals surface area contributed by atoms with Gasteiger partial charge in [0.2, 0.25) is 0 Å². The Labute approximate surface area is 119 Å². The largest absolute Gasteiger partial charge is 0.372 e. The lowest BCUT2D eigenvalue weighted by Gasteiger charge is -2.38. The van der Waals surface area contributed by atoms with Crippen LogP contribution < -0.4 is 5.32 Å². The van der Waals surface area contributed by atoms with Gasteiger partial charge in [-0.15, -0.1) is 11.8 Å². The Morgan fingerprint density at radius 3 is 2.63 bits per heavy atom. The lowest BCUT2D eigenvalue weighted by molar-refractivity contribution is -0.0774. The molecule has 1 aromatic carbocycles. The van der Waals surface area contributed by atoms with Crippen molar-refractivity contribution in [2.45, 2.75) is 24.3 Å². The fourth-order valence-electron chi connectivity index (χ4n) is 2.30. The molecule has 0 radical (unpaired) electrons. The van der Waals surface area contributed by atoms with E-state index in [0.717, 1.165) is 18.7 Å². The van der Waals surface area contributed by atoms with E-state index in [1.54, 1.807) is 11.8 Å². The Bertz CT molecular complexity index is 438. The van der Waals surface area contributed by atoms with E-state index in [0.29, 0.717) is 6.61 Å². The van der Waals surface area contributed by atoms with E-state index in [2.05, 4.69) is 5.32 Å². The highest BCUT2D eigenvalue weighted by Crippen LogP contribution is 2.27. The Kier molecular flexibility index (Phi) is 4.66. The molecule has 0 aliphatic carbocycles. The number of nitrogens with one attached hydrogen (secondary N) is 1. The molecular weight excluding hydrogens is 258 g/mol. The van der Waals surface area contributed by atoms with E-state index in [4.69, 9.17) is 4.74 Å². The van der Waals surface area contributed by atoms with Crippen LogP contribution in [0.1, 0.15) is 24.2 Å². The monoisotopic (exact) mass is 279 g/mol. The molecule has 4 heteroatoms. The summed E-state index contributed by atoms with van der Waals surface area (Å²) in [5.41, 5.74) is 0.355. The summed E-state index contributed by atoms with van der Waals surface area (Å²) in [5.74, 6) is -0.000664. The first-order valence-electron chi connectivity index (χ1n) is 6.60. The van der Waals surface area contributed by atoms with Gasteiger partial charge in [0.25, 0.3) is 0 Å². The highest BCUT2D eigenvalue weighted by molar-refractivity contribution is 7.98. The van der Waals surface area contributed by atoms with Crippen molar-refractivity contribution in [3.8, 4) is 0 Å². The Hall–Kier alpha value is -0.840. The van der Waals surface area contributed by atoms with Gasteiger partial charge in [-0.3, -0.25) is 4.79 Å². The summed E-state index contributed by atoms with van der Waals surface area (Å²) >= 11 is 1.68. The maximum absolute atomic E-state index is 12.5. The number of rotatable bonds is 4. The average molecular weight is 279 g/mol. The van der Waals surface area contributed by atoms with Crippen LogP contribution >= 0.6 is 11.8 Å². The molecule has 2 rings (SSSR count). The summed E-state index contributed by atoms with van der Waals surface area (Å²) in [7, 11) is 0. The molecule has 3 nitrogen and oxygen atoms in total. The van der Waals surface area contributed by atoms with Gasteiger partial charge in [0.1, 0.15) is 0 Å². The molecule has 1 N–H and O–H groups in total. The van der Waals surface area contributed by atoms with E-state index < -0.39 is 5.60 Å². The number of Topliss-reactive ketones (excluding diaryl/α,β-unsaturated/α-hetero) is 1. The number of hydrogen-bond acceptors (Lipinski definition) is 4. The van der Waals surface area contributed by atoms with E-state index in [9.17, 15) is 4.79 Å². The second kappa shape index (κ2) is 6.07. The van der Waals surface area contributed by atoms with Gasteiger partial charge in [0, 0.05) is 29.5 Å². The first kappa shape index (κ1) is 14.6. The lowest BCUT2D eigenvalue weighted by atomic mass is 9.83. The zero-order valence-corrected chi connectivity index (χ0v) is 12.5. The van der Waals surface area contributed by atoms with Crippen LogP contribution in [-0.4, -0.2) is 37.3 Å². The third-order valence-corrected chi connectivity index (χ3v) is 4.61. The summed E-state index contributed by atoms with van der Waals surface area (Å²) in [5, 5.41) is 3.30. The number of carbonyl (C=O) groups excluding carboxylic acids is 1. The topological polar surface area (TPSA) is 38.3 Å². The molecule has 1 saturated heterocycles. The highest BCUT2D eigenvalue weighted by Gasteiger charge is 2.38. The fourth-order valence-corrected chi connectivity index (χ4v) is 2.71. The van der Waals surface area contributed by atoms with Crippen LogP contribution in [0.3, 0.4) is 0 Å². The molecule has 19 heavy (non-hydrogen) atoms. The van der Waals surface area contributed by atoms with E-state index in [1.165, 1.54) is 4.90 Å². The summed E-state index contributed by atoms with van der Waals surface area (Å²) in [6.45, 7) is 6.22. The minimum absolute atomic E-state index is 0.152. The molecule has 2 unspecified atom stereocenters. The zero-order chi connectivity index (χ0) is 13.9. The zero-order valence-electron chi connectivity index (χ0n) is 11.7. The SMILES string of the molecule is CSc1ccc(C(=O)C(C)C2(C)CNCCO2)cc1. The van der Waals surface area contributed by atoms with Crippen molar-refractivity contribution in [2.24, 2.45) is 5.92 Å². The second-order valence-corrected chi connectivity index (χ2v) is 6.03. The highest BCUT2D eigenvalue weighted by atomic mass is 32.2. The van der Waals surface area contributed by atoms with Crippen LogP contribution in [0.4, 0.5) is 0 Å². The van der Waals surface area contributed by atoms with Crippen molar-refractivity contribution in [1.82, 2.24) is 5.32 Å². The molecule has 0 aromatic heterocycles. The lowest BCUT2D eigenvalue weighted by Crippen LogP contribution is -2.53. The van der Waals surface area contributed by atoms with Crippen molar-refractivity contribution < 1.29 is 9.53 Å². The van der Waals surface area contributed by atoms with Crippen LogP contribution in [0.25, 0.3) is 0 Å². The van der Waals surface area contributed by atoms with Crippen molar-refractivity contribution in [1.29, 1.82) is 0 Å². The number of ketones is 1. The number of morpholine rings is 1. The molecule has 0 bridgehead atoms. The van der Waals surface area contributed by atoms with Gasteiger partial charge < -0.3 is 10.1 Å². The van der Waals surface area contributed by atoms with Gasteiger partial charge in [-0.2, -0.15) is 0 Å². The molecule has 1 aliphatic heterocycles. The van der Waals surface area contributed by atoms with Crippen LogP contribution in [0.2, 0.25) is 0 Å². The minimum Gasteiger partial charge on any atom is -0.372 e. The standard InChI is InChI=1S/C15H21NO2S/c1-11(15(2)10-16-8-9-18-15)14(17)12-4-6-13(19-3)7-5-12/h4-7,11,16H,8-10H2,1-3H3. The molecule has 1 fully saturated rings. The summed E-state index contributed by atoms with van der Waals surface area (Å²) in [6.07, 6.45) is 2.03. The van der Waals surface area contributed by atoms with Crippen LogP contribution in [0.5, 0.6) is 0 Å². The number of hydrogen-bond donors (Lipinski definition) is 1. The molecule has 1 aromatic rings. The summed E-state index contributed by atoms with van der Waals surface area (Å²) in [4.78, 5) is 13.7. The first-order chi connectivity index (χ1) is 9.07. The normalized spacial score (nSPS) is 25.0. The van der Waals surface area contributed by atoms with Gasteiger partial charge in [-0.05, 0) is 25.3 Å². The minimum atomic E-state index is -0.409. The van der Waals surface area contributed by atoms with Crippen LogP contribution in [0, 0.1) is 5.92 Å². The molecule has 1 heterocycles. The Morgan fingerprint density at radius 1 is 1.42 bits per heavy atom. The Morgan fingerprint density at radius 2 is 2.11 bits per heavy atom. The number of ether oxygens (including phenoxy) is 1. The smallest absolute Gasteiger partial charge is 0.168 e. The van der Waals surface area contributed by atoms with E-state index in [-0.39, 0.29) is 11.7 Å². The third-order valence-electron chi connectivity index (χ3n) is 3.87. The molecular formula is C15H21NO2S. The van der Waals surface area contributed by atoms with Crippen molar-refractivity contribution >= 4 is 17.5 Å². The van der Waals surface area contributed by atoms with Gasteiger partial charge in [0.15, 0.2) is 5.78 Å². The molecule has 2 atom stereocenters.